The average Bonchev–Trinajstić information content (AvgIpc) is 2.44. The number of carbonyl (C=O) groups is 1. The van der Waals surface area contributed by atoms with Gasteiger partial charge in [-0.1, -0.05) is 5.21 Å². The lowest BCUT2D eigenvalue weighted by atomic mass is 10.2. The molecule has 0 aliphatic carbocycles. The molecule has 2 heterocycles. The first-order chi connectivity index (χ1) is 4.92. The minimum Gasteiger partial charge on any atom is -0.296 e. The van der Waals surface area contributed by atoms with Crippen LogP contribution in [0, 0.1) is 0 Å². The van der Waals surface area contributed by atoms with Crippen molar-refractivity contribution in [1.29, 1.82) is 0 Å². The van der Waals surface area contributed by atoms with E-state index in [4.69, 9.17) is 0 Å². The van der Waals surface area contributed by atoms with Crippen LogP contribution in [0.1, 0.15) is 22.6 Å². The number of hydrogen-bond acceptors (Lipinski definition) is 3. The Balaban J connectivity index is 2.53. The summed E-state index contributed by atoms with van der Waals surface area (Å²) in [6.45, 7) is 0.913. The minimum atomic E-state index is 0.512. The first kappa shape index (κ1) is 5.58. The first-order valence-corrected chi connectivity index (χ1v) is 3.29. The van der Waals surface area contributed by atoms with E-state index in [1.165, 1.54) is 0 Å². The highest BCUT2D eigenvalue weighted by Gasteiger charge is 2.16. The maximum Gasteiger partial charge on any atom is 0.172 e. The van der Waals surface area contributed by atoms with Crippen LogP contribution in [0.15, 0.2) is 0 Å². The third kappa shape index (κ3) is 0.586. The topological polar surface area (TPSA) is 47.8 Å². The van der Waals surface area contributed by atoms with Crippen molar-refractivity contribution < 1.29 is 4.79 Å². The van der Waals surface area contributed by atoms with Crippen molar-refractivity contribution in [2.75, 3.05) is 0 Å². The van der Waals surface area contributed by atoms with E-state index >= 15 is 0 Å². The second-order valence-electron chi connectivity index (χ2n) is 2.37. The number of hydrogen-bond donors (Lipinski definition) is 0. The highest BCUT2D eigenvalue weighted by molar-refractivity contribution is 5.73. The van der Waals surface area contributed by atoms with Gasteiger partial charge in [0.05, 0.1) is 5.69 Å². The molecule has 1 aliphatic heterocycles. The largest absolute Gasteiger partial charge is 0.296 e. The van der Waals surface area contributed by atoms with Crippen molar-refractivity contribution in [2.45, 2.75) is 19.4 Å². The molecule has 0 saturated carbocycles. The molecule has 0 N–H and O–H groups in total. The lowest BCUT2D eigenvalue weighted by Gasteiger charge is -1.86. The molecule has 0 atom stereocenters. The highest BCUT2D eigenvalue weighted by Crippen LogP contribution is 2.13. The fourth-order valence-electron chi connectivity index (χ4n) is 1.27. The van der Waals surface area contributed by atoms with Gasteiger partial charge in [0.1, 0.15) is 5.69 Å². The van der Waals surface area contributed by atoms with Gasteiger partial charge in [0.25, 0.3) is 0 Å². The molecule has 0 bridgehead atoms. The Bertz CT molecular complexity index is 266. The first-order valence-electron chi connectivity index (χ1n) is 3.29. The van der Waals surface area contributed by atoms with E-state index in [1.54, 1.807) is 4.68 Å². The molecule has 1 aromatic heterocycles. The summed E-state index contributed by atoms with van der Waals surface area (Å²) in [7, 11) is 0. The van der Waals surface area contributed by atoms with Crippen molar-refractivity contribution >= 4 is 6.29 Å². The lowest BCUT2D eigenvalue weighted by molar-refractivity contribution is 0.111. The van der Waals surface area contributed by atoms with Gasteiger partial charge in [0.15, 0.2) is 6.29 Å². The second-order valence-corrected chi connectivity index (χ2v) is 2.37. The zero-order chi connectivity index (χ0) is 6.97. The van der Waals surface area contributed by atoms with Gasteiger partial charge < -0.3 is 0 Å². The summed E-state index contributed by atoms with van der Waals surface area (Å²) >= 11 is 0. The van der Waals surface area contributed by atoms with Crippen molar-refractivity contribution in [1.82, 2.24) is 15.0 Å². The van der Waals surface area contributed by atoms with Crippen LogP contribution in [0.4, 0.5) is 0 Å². The monoisotopic (exact) mass is 137 g/mol. The fourth-order valence-corrected chi connectivity index (χ4v) is 1.27. The van der Waals surface area contributed by atoms with Crippen molar-refractivity contribution in [2.24, 2.45) is 0 Å². The van der Waals surface area contributed by atoms with Gasteiger partial charge >= 0.3 is 0 Å². The molecule has 0 saturated heterocycles. The molecule has 0 fully saturated rings. The molecule has 0 spiro atoms. The molecule has 10 heavy (non-hydrogen) atoms. The Hall–Kier alpha value is -1.19. The Morgan fingerprint density at radius 1 is 1.60 bits per heavy atom. The summed E-state index contributed by atoms with van der Waals surface area (Å²) in [5.41, 5.74) is 1.51. The van der Waals surface area contributed by atoms with Crippen molar-refractivity contribution in [3.05, 3.63) is 11.4 Å². The third-order valence-corrected chi connectivity index (χ3v) is 1.76. The van der Waals surface area contributed by atoms with Crippen LogP contribution in [-0.4, -0.2) is 21.3 Å². The van der Waals surface area contributed by atoms with Gasteiger partial charge in [-0.05, 0) is 12.8 Å². The van der Waals surface area contributed by atoms with E-state index in [1.807, 2.05) is 0 Å². The molecule has 0 aromatic carbocycles. The smallest absolute Gasteiger partial charge is 0.172 e. The zero-order valence-corrected chi connectivity index (χ0v) is 5.45. The summed E-state index contributed by atoms with van der Waals surface area (Å²) in [6, 6.07) is 0. The molecule has 1 aliphatic rings. The molecular weight excluding hydrogens is 130 g/mol. The number of aryl methyl sites for hydroxylation is 1. The number of aldehydes is 1. The molecule has 4 nitrogen and oxygen atoms in total. The quantitative estimate of drug-likeness (QED) is 0.513. The van der Waals surface area contributed by atoms with E-state index < -0.39 is 0 Å². The number of nitrogens with zero attached hydrogens (tertiary/aromatic N) is 3. The molecule has 0 radical (unpaired) electrons. The summed E-state index contributed by atoms with van der Waals surface area (Å²) in [5, 5.41) is 7.50. The van der Waals surface area contributed by atoms with Gasteiger partial charge in [0.2, 0.25) is 0 Å². The SMILES string of the molecule is O=Cc1nnn2c1CCC2. The van der Waals surface area contributed by atoms with E-state index in [-0.39, 0.29) is 0 Å². The van der Waals surface area contributed by atoms with Gasteiger partial charge in [-0.3, -0.25) is 4.79 Å². The number of carbonyl (C=O) groups excluding carboxylic acids is 1. The molecule has 4 heteroatoms. The van der Waals surface area contributed by atoms with Crippen LogP contribution in [0.2, 0.25) is 0 Å². The molecular formula is C6H7N3O. The summed E-state index contributed by atoms with van der Waals surface area (Å²) in [5.74, 6) is 0. The number of aromatic nitrogens is 3. The number of fused-ring (bicyclic) bond motifs is 1. The van der Waals surface area contributed by atoms with Crippen LogP contribution in [0.25, 0.3) is 0 Å². The Morgan fingerprint density at radius 3 is 3.30 bits per heavy atom. The molecule has 2 rings (SSSR count). The lowest BCUT2D eigenvalue weighted by Crippen LogP contribution is -1.93. The second kappa shape index (κ2) is 1.90. The standard InChI is InChI=1S/C6H7N3O/c10-4-5-6-2-1-3-9(6)8-7-5/h4H,1-3H2. The Labute approximate surface area is 57.8 Å². The van der Waals surface area contributed by atoms with Crippen LogP contribution in [0.3, 0.4) is 0 Å². The van der Waals surface area contributed by atoms with E-state index in [0.29, 0.717) is 5.69 Å². The van der Waals surface area contributed by atoms with Crippen LogP contribution < -0.4 is 0 Å². The predicted octanol–water partition coefficient (Wildman–Crippen LogP) is 0.0368. The minimum absolute atomic E-state index is 0.512. The highest BCUT2D eigenvalue weighted by atomic mass is 16.1. The Morgan fingerprint density at radius 2 is 2.50 bits per heavy atom. The fraction of sp³-hybridized carbons (Fsp3) is 0.500. The van der Waals surface area contributed by atoms with Gasteiger partial charge in [-0.2, -0.15) is 0 Å². The van der Waals surface area contributed by atoms with Gasteiger partial charge in [-0.15, -0.1) is 5.10 Å². The van der Waals surface area contributed by atoms with Gasteiger partial charge in [0, 0.05) is 6.54 Å². The normalized spacial score (nSPS) is 15.2. The average molecular weight is 137 g/mol. The van der Waals surface area contributed by atoms with E-state index in [0.717, 1.165) is 31.4 Å². The molecule has 0 amide bonds. The van der Waals surface area contributed by atoms with Crippen LogP contribution >= 0.6 is 0 Å². The van der Waals surface area contributed by atoms with E-state index in [2.05, 4.69) is 10.3 Å². The molecule has 52 valence electrons. The van der Waals surface area contributed by atoms with Crippen LogP contribution in [-0.2, 0) is 13.0 Å². The van der Waals surface area contributed by atoms with E-state index in [9.17, 15) is 4.79 Å². The summed E-state index contributed by atoms with van der Waals surface area (Å²) in [4.78, 5) is 10.3. The summed E-state index contributed by atoms with van der Waals surface area (Å²) in [6.07, 6.45) is 2.80. The summed E-state index contributed by atoms with van der Waals surface area (Å²) < 4.78 is 1.80. The maximum atomic E-state index is 10.3. The zero-order valence-electron chi connectivity index (χ0n) is 5.45. The third-order valence-electron chi connectivity index (χ3n) is 1.76. The predicted molar refractivity (Wildman–Crippen MR) is 33.7 cm³/mol. The van der Waals surface area contributed by atoms with Crippen molar-refractivity contribution in [3.63, 3.8) is 0 Å². The Kier molecular flexibility index (Phi) is 1.06. The molecule has 0 unspecified atom stereocenters. The van der Waals surface area contributed by atoms with Gasteiger partial charge in [-0.25, -0.2) is 4.68 Å². The maximum absolute atomic E-state index is 10.3. The molecule has 1 aromatic rings. The van der Waals surface area contributed by atoms with Crippen LogP contribution in [0.5, 0.6) is 0 Å². The van der Waals surface area contributed by atoms with Crippen molar-refractivity contribution in [3.8, 4) is 0 Å². The number of rotatable bonds is 1.